The molecule has 0 amide bonds. The maximum atomic E-state index is 12.6. The zero-order valence-corrected chi connectivity index (χ0v) is 15.6. The van der Waals surface area contributed by atoms with Crippen LogP contribution < -0.4 is 5.73 Å². The van der Waals surface area contributed by atoms with Gasteiger partial charge < -0.3 is 15.0 Å². The minimum Gasteiger partial charge on any atom is -0.384 e. The van der Waals surface area contributed by atoms with Crippen molar-refractivity contribution >= 4 is 23.4 Å². The highest BCUT2D eigenvalue weighted by atomic mass is 32.2. The molecule has 0 aliphatic carbocycles. The SMILES string of the molecule is COCC(C)n1c(C)cc(C(=O)CSc2nc(C)cc(N)n2)c1C. The second-order valence-corrected chi connectivity index (χ2v) is 6.83. The van der Waals surface area contributed by atoms with E-state index in [-0.39, 0.29) is 17.6 Å². The van der Waals surface area contributed by atoms with Crippen molar-refractivity contribution in [1.29, 1.82) is 0 Å². The number of rotatable bonds is 7. The summed E-state index contributed by atoms with van der Waals surface area (Å²) in [6, 6.07) is 3.83. The van der Waals surface area contributed by atoms with Crippen molar-refractivity contribution < 1.29 is 9.53 Å². The standard InChI is InChI=1S/C17H24N4O2S/c1-10-6-16(18)20-17(19-10)24-9-15(22)14-7-11(2)21(13(14)4)12(3)8-23-5/h6-7,12H,8-9H2,1-5H3,(H2,18,19,20). The fourth-order valence-electron chi connectivity index (χ4n) is 2.89. The lowest BCUT2D eigenvalue weighted by molar-refractivity contribution is 0.102. The lowest BCUT2D eigenvalue weighted by atomic mass is 10.2. The van der Waals surface area contributed by atoms with Crippen LogP contribution in [-0.2, 0) is 4.74 Å². The summed E-state index contributed by atoms with van der Waals surface area (Å²) >= 11 is 1.31. The van der Waals surface area contributed by atoms with Crippen molar-refractivity contribution in [2.24, 2.45) is 0 Å². The highest BCUT2D eigenvalue weighted by Crippen LogP contribution is 2.23. The van der Waals surface area contributed by atoms with Gasteiger partial charge in [0, 0.05) is 35.8 Å². The molecular formula is C17H24N4O2S. The van der Waals surface area contributed by atoms with Gasteiger partial charge in [-0.1, -0.05) is 11.8 Å². The molecule has 2 N–H and O–H groups in total. The van der Waals surface area contributed by atoms with E-state index in [4.69, 9.17) is 10.5 Å². The molecule has 1 unspecified atom stereocenters. The first kappa shape index (κ1) is 18.5. The van der Waals surface area contributed by atoms with Crippen molar-refractivity contribution in [1.82, 2.24) is 14.5 Å². The van der Waals surface area contributed by atoms with Crippen molar-refractivity contribution in [2.75, 3.05) is 25.2 Å². The molecule has 24 heavy (non-hydrogen) atoms. The van der Waals surface area contributed by atoms with Crippen LogP contribution in [0.2, 0.25) is 0 Å². The molecule has 0 bridgehead atoms. The average Bonchev–Trinajstić information content (AvgIpc) is 2.79. The molecule has 6 nitrogen and oxygen atoms in total. The molecule has 2 aromatic rings. The van der Waals surface area contributed by atoms with Crippen LogP contribution in [0.1, 0.15) is 40.4 Å². The van der Waals surface area contributed by atoms with Gasteiger partial charge in [0.25, 0.3) is 0 Å². The Balaban J connectivity index is 2.14. The van der Waals surface area contributed by atoms with Crippen LogP contribution in [-0.4, -0.2) is 39.8 Å². The lowest BCUT2D eigenvalue weighted by Crippen LogP contribution is -2.14. The van der Waals surface area contributed by atoms with E-state index in [1.807, 2.05) is 26.8 Å². The predicted molar refractivity (Wildman–Crippen MR) is 96.7 cm³/mol. The van der Waals surface area contributed by atoms with Gasteiger partial charge in [-0.3, -0.25) is 4.79 Å². The number of nitrogens with zero attached hydrogens (tertiary/aromatic N) is 3. The molecule has 0 aliphatic heterocycles. The van der Waals surface area contributed by atoms with Gasteiger partial charge in [-0.05, 0) is 33.8 Å². The quantitative estimate of drug-likeness (QED) is 0.470. The second kappa shape index (κ2) is 7.81. The summed E-state index contributed by atoms with van der Waals surface area (Å²) in [5, 5.41) is 0.530. The van der Waals surface area contributed by atoms with Gasteiger partial charge in [-0.25, -0.2) is 9.97 Å². The van der Waals surface area contributed by atoms with Crippen LogP contribution in [0.25, 0.3) is 0 Å². The molecule has 0 saturated heterocycles. The number of nitrogens with two attached hydrogens (primary N) is 1. The molecule has 2 rings (SSSR count). The molecule has 0 aliphatic rings. The topological polar surface area (TPSA) is 83.0 Å². The number of anilines is 1. The molecule has 0 spiro atoms. The van der Waals surface area contributed by atoms with E-state index in [9.17, 15) is 4.79 Å². The number of ether oxygens (including phenoxy) is 1. The first-order valence-electron chi connectivity index (χ1n) is 7.78. The normalized spacial score (nSPS) is 12.4. The van der Waals surface area contributed by atoms with Crippen molar-refractivity contribution in [2.45, 2.75) is 38.9 Å². The molecule has 2 heterocycles. The van der Waals surface area contributed by atoms with Crippen LogP contribution >= 0.6 is 11.8 Å². The molecule has 130 valence electrons. The highest BCUT2D eigenvalue weighted by Gasteiger charge is 2.19. The third kappa shape index (κ3) is 4.15. The minimum absolute atomic E-state index is 0.0626. The zero-order chi connectivity index (χ0) is 17.9. The van der Waals surface area contributed by atoms with Gasteiger partial charge in [0.2, 0.25) is 0 Å². The van der Waals surface area contributed by atoms with E-state index in [2.05, 4.69) is 21.5 Å². The van der Waals surface area contributed by atoms with Crippen LogP contribution in [0, 0.1) is 20.8 Å². The van der Waals surface area contributed by atoms with Gasteiger partial charge >= 0.3 is 0 Å². The fourth-order valence-corrected chi connectivity index (χ4v) is 3.68. The van der Waals surface area contributed by atoms with E-state index in [1.54, 1.807) is 13.2 Å². The molecule has 7 heteroatoms. The average molecular weight is 348 g/mol. The Kier molecular flexibility index (Phi) is 6.01. The van der Waals surface area contributed by atoms with E-state index in [0.29, 0.717) is 17.6 Å². The summed E-state index contributed by atoms with van der Waals surface area (Å²) in [6.07, 6.45) is 0. The molecule has 1 atom stereocenters. The molecule has 0 saturated carbocycles. The first-order valence-corrected chi connectivity index (χ1v) is 8.76. The van der Waals surface area contributed by atoms with E-state index < -0.39 is 0 Å². The summed E-state index contributed by atoms with van der Waals surface area (Å²) in [5.41, 5.74) is 9.28. The van der Waals surface area contributed by atoms with Gasteiger partial charge in [-0.15, -0.1) is 0 Å². The molecule has 0 radical (unpaired) electrons. The Labute approximate surface area is 146 Å². The smallest absolute Gasteiger partial charge is 0.190 e. The largest absolute Gasteiger partial charge is 0.384 e. The highest BCUT2D eigenvalue weighted by molar-refractivity contribution is 7.99. The Bertz CT molecular complexity index is 722. The number of methoxy groups -OCH3 is 1. The van der Waals surface area contributed by atoms with Crippen LogP contribution in [0.5, 0.6) is 0 Å². The Hall–Kier alpha value is -1.86. The number of thioether (sulfide) groups is 1. The number of ketones is 1. The molecule has 2 aromatic heterocycles. The Morgan fingerprint density at radius 1 is 1.33 bits per heavy atom. The van der Waals surface area contributed by atoms with Crippen molar-refractivity contribution in [3.8, 4) is 0 Å². The van der Waals surface area contributed by atoms with Crippen LogP contribution in [0.4, 0.5) is 5.82 Å². The number of nitrogen functional groups attached to an aromatic ring is 1. The lowest BCUT2D eigenvalue weighted by Gasteiger charge is -2.17. The molecule has 0 aromatic carbocycles. The number of Topliss-reactive ketones (excluding diaryl/α,β-unsaturated/α-hetero) is 1. The molecular weight excluding hydrogens is 324 g/mol. The number of aromatic nitrogens is 3. The summed E-state index contributed by atoms with van der Waals surface area (Å²) in [5.74, 6) is 0.767. The summed E-state index contributed by atoms with van der Waals surface area (Å²) in [4.78, 5) is 21.1. The fraction of sp³-hybridized carbons (Fsp3) is 0.471. The number of aryl methyl sites for hydroxylation is 2. The zero-order valence-electron chi connectivity index (χ0n) is 14.8. The second-order valence-electron chi connectivity index (χ2n) is 5.89. The summed E-state index contributed by atoms with van der Waals surface area (Å²) in [6.45, 7) is 8.52. The molecule has 0 fully saturated rings. The summed E-state index contributed by atoms with van der Waals surface area (Å²) < 4.78 is 7.37. The van der Waals surface area contributed by atoms with Gasteiger partial charge in [0.15, 0.2) is 10.9 Å². The van der Waals surface area contributed by atoms with Gasteiger partial charge in [0.05, 0.1) is 18.4 Å². The van der Waals surface area contributed by atoms with Crippen LogP contribution in [0.3, 0.4) is 0 Å². The number of hydrogen-bond acceptors (Lipinski definition) is 6. The van der Waals surface area contributed by atoms with Crippen LogP contribution in [0.15, 0.2) is 17.3 Å². The number of carbonyl (C=O) groups excluding carboxylic acids is 1. The Morgan fingerprint density at radius 2 is 2.04 bits per heavy atom. The van der Waals surface area contributed by atoms with E-state index in [1.165, 1.54) is 11.8 Å². The van der Waals surface area contributed by atoms with Gasteiger partial charge in [0.1, 0.15) is 5.82 Å². The number of hydrogen-bond donors (Lipinski definition) is 1. The van der Waals surface area contributed by atoms with Crippen molar-refractivity contribution in [3.63, 3.8) is 0 Å². The third-order valence-electron chi connectivity index (χ3n) is 3.82. The summed E-state index contributed by atoms with van der Waals surface area (Å²) in [7, 11) is 1.68. The van der Waals surface area contributed by atoms with E-state index in [0.717, 1.165) is 22.6 Å². The monoisotopic (exact) mass is 348 g/mol. The number of carbonyl (C=O) groups is 1. The van der Waals surface area contributed by atoms with Gasteiger partial charge in [-0.2, -0.15) is 0 Å². The maximum absolute atomic E-state index is 12.6. The van der Waals surface area contributed by atoms with Crippen molar-refractivity contribution in [3.05, 3.63) is 34.8 Å². The third-order valence-corrected chi connectivity index (χ3v) is 4.67. The first-order chi connectivity index (χ1) is 11.3. The Morgan fingerprint density at radius 3 is 2.67 bits per heavy atom. The minimum atomic E-state index is 0.0626. The maximum Gasteiger partial charge on any atom is 0.190 e. The van der Waals surface area contributed by atoms with E-state index >= 15 is 0 Å². The predicted octanol–water partition coefficient (Wildman–Crippen LogP) is 2.97.